The summed E-state index contributed by atoms with van der Waals surface area (Å²) in [6, 6.07) is 7.90. The Morgan fingerprint density at radius 3 is 2.75 bits per heavy atom. The molecule has 0 saturated carbocycles. The maximum Gasteiger partial charge on any atom is 0.193 e. The lowest BCUT2D eigenvalue weighted by atomic mass is 9.98. The second-order valence-electron chi connectivity index (χ2n) is 6.63. The van der Waals surface area contributed by atoms with E-state index in [0.717, 1.165) is 28.4 Å². The highest BCUT2D eigenvalue weighted by molar-refractivity contribution is 7.09. The van der Waals surface area contributed by atoms with Gasteiger partial charge in [-0.1, -0.05) is 39.0 Å². The first-order chi connectivity index (χ1) is 11.4. The molecule has 0 radical (unpaired) electrons. The van der Waals surface area contributed by atoms with E-state index in [4.69, 9.17) is 10.5 Å². The van der Waals surface area contributed by atoms with Crippen molar-refractivity contribution in [3.63, 3.8) is 0 Å². The zero-order valence-corrected chi connectivity index (χ0v) is 15.6. The van der Waals surface area contributed by atoms with Crippen molar-refractivity contribution in [1.29, 1.82) is 0 Å². The van der Waals surface area contributed by atoms with E-state index in [1.165, 1.54) is 0 Å². The number of aromatic nitrogens is 1. The van der Waals surface area contributed by atoms with Crippen molar-refractivity contribution < 1.29 is 4.74 Å². The smallest absolute Gasteiger partial charge is 0.193 e. The van der Waals surface area contributed by atoms with E-state index in [0.29, 0.717) is 19.1 Å². The number of nitrogens with zero attached hydrogens (tertiary/aromatic N) is 2. The molecule has 3 N–H and O–H groups in total. The minimum Gasteiger partial charge on any atom is -0.380 e. The molecule has 6 heteroatoms. The van der Waals surface area contributed by atoms with Crippen molar-refractivity contribution in [2.75, 3.05) is 19.0 Å². The number of thiazole rings is 1. The summed E-state index contributed by atoms with van der Waals surface area (Å²) >= 11 is 1.71. The van der Waals surface area contributed by atoms with Crippen LogP contribution in [0.25, 0.3) is 0 Å². The molecule has 5 nitrogen and oxygen atoms in total. The molecular weight excluding hydrogens is 320 g/mol. The third-order valence-electron chi connectivity index (χ3n) is 3.42. The number of guanidine groups is 1. The normalized spacial score (nSPS) is 12.4. The van der Waals surface area contributed by atoms with E-state index in [1.54, 1.807) is 18.4 Å². The zero-order valence-electron chi connectivity index (χ0n) is 14.8. The molecule has 0 fully saturated rings. The van der Waals surface area contributed by atoms with Gasteiger partial charge in [-0.3, -0.25) is 4.99 Å². The van der Waals surface area contributed by atoms with Gasteiger partial charge in [0.2, 0.25) is 0 Å². The third kappa shape index (κ3) is 5.32. The number of ether oxygens (including phenoxy) is 1. The zero-order chi connectivity index (χ0) is 17.6. The molecule has 130 valence electrons. The molecule has 0 unspecified atom stereocenters. The molecule has 1 aromatic carbocycles. The Morgan fingerprint density at radius 1 is 1.33 bits per heavy atom. The lowest BCUT2D eigenvalue weighted by molar-refractivity contribution is 0.185. The minimum atomic E-state index is 0.0951. The van der Waals surface area contributed by atoms with Gasteiger partial charge in [0.15, 0.2) is 5.96 Å². The van der Waals surface area contributed by atoms with E-state index in [9.17, 15) is 0 Å². The monoisotopic (exact) mass is 346 g/mol. The van der Waals surface area contributed by atoms with Gasteiger partial charge in [-0.15, -0.1) is 11.3 Å². The number of nitrogens with one attached hydrogen (secondary N) is 1. The molecule has 0 aliphatic rings. The van der Waals surface area contributed by atoms with Crippen LogP contribution < -0.4 is 11.1 Å². The van der Waals surface area contributed by atoms with E-state index >= 15 is 0 Å². The Kier molecular flexibility index (Phi) is 6.34. The Hall–Kier alpha value is -1.92. The van der Waals surface area contributed by atoms with Crippen molar-refractivity contribution in [1.82, 2.24) is 4.98 Å². The molecule has 2 aromatic rings. The molecule has 0 atom stereocenters. The fourth-order valence-electron chi connectivity index (χ4n) is 2.16. The molecule has 0 aliphatic carbocycles. The lowest BCUT2D eigenvalue weighted by Gasteiger charge is -2.13. The summed E-state index contributed by atoms with van der Waals surface area (Å²) in [5.41, 5.74) is 9.12. The number of anilines is 1. The Balaban J connectivity index is 1.92. The van der Waals surface area contributed by atoms with Gasteiger partial charge < -0.3 is 15.8 Å². The fraction of sp³-hybridized carbons (Fsp3) is 0.444. The van der Waals surface area contributed by atoms with Crippen LogP contribution in [0.2, 0.25) is 0 Å². The second kappa shape index (κ2) is 8.26. The van der Waals surface area contributed by atoms with Crippen LogP contribution in [-0.2, 0) is 23.2 Å². The molecule has 1 heterocycles. The highest BCUT2D eigenvalue weighted by Crippen LogP contribution is 2.25. The molecule has 2 rings (SSSR count). The van der Waals surface area contributed by atoms with Gasteiger partial charge in [0, 0.05) is 42.1 Å². The number of para-hydroxylation sites is 1. The van der Waals surface area contributed by atoms with Crippen LogP contribution in [0.15, 0.2) is 34.6 Å². The molecular formula is C18H26N4OS. The average molecular weight is 347 g/mol. The van der Waals surface area contributed by atoms with Crippen molar-refractivity contribution in [3.05, 3.63) is 45.9 Å². The van der Waals surface area contributed by atoms with Crippen molar-refractivity contribution in [2.45, 2.75) is 39.2 Å². The number of nitrogens with two attached hydrogens (primary N) is 1. The first-order valence-corrected chi connectivity index (χ1v) is 8.87. The average Bonchev–Trinajstić information content (AvgIpc) is 2.98. The summed E-state index contributed by atoms with van der Waals surface area (Å²) in [4.78, 5) is 9.07. The number of rotatable bonds is 6. The SMILES string of the molecule is COCc1ccccc1NC(N)=NCCc1csc(C(C)(C)C)n1. The van der Waals surface area contributed by atoms with Gasteiger partial charge in [-0.25, -0.2) is 4.98 Å². The summed E-state index contributed by atoms with van der Waals surface area (Å²) in [5, 5.41) is 6.40. The Bertz CT molecular complexity index is 688. The van der Waals surface area contributed by atoms with Crippen LogP contribution in [0.4, 0.5) is 5.69 Å². The highest BCUT2D eigenvalue weighted by Gasteiger charge is 2.17. The van der Waals surface area contributed by atoms with Crippen LogP contribution >= 0.6 is 11.3 Å². The molecule has 0 bridgehead atoms. The van der Waals surface area contributed by atoms with E-state index in [1.807, 2.05) is 24.3 Å². The van der Waals surface area contributed by atoms with E-state index in [2.05, 4.69) is 41.4 Å². The molecule has 0 saturated heterocycles. The molecule has 24 heavy (non-hydrogen) atoms. The second-order valence-corrected chi connectivity index (χ2v) is 7.48. The van der Waals surface area contributed by atoms with Crippen molar-refractivity contribution >= 4 is 23.0 Å². The molecule has 0 spiro atoms. The van der Waals surface area contributed by atoms with E-state index < -0.39 is 0 Å². The first-order valence-electron chi connectivity index (χ1n) is 7.99. The first kappa shape index (κ1) is 18.4. The van der Waals surface area contributed by atoms with Crippen molar-refractivity contribution in [2.24, 2.45) is 10.7 Å². The minimum absolute atomic E-state index is 0.0951. The highest BCUT2D eigenvalue weighted by atomic mass is 32.1. The number of aliphatic imine (C=N–C) groups is 1. The number of hydrogen-bond acceptors (Lipinski definition) is 4. The third-order valence-corrected chi connectivity index (χ3v) is 4.74. The summed E-state index contributed by atoms with van der Waals surface area (Å²) in [6.07, 6.45) is 0.786. The maximum atomic E-state index is 5.99. The van der Waals surface area contributed by atoms with Gasteiger partial charge in [0.1, 0.15) is 0 Å². The van der Waals surface area contributed by atoms with Gasteiger partial charge >= 0.3 is 0 Å². The predicted octanol–water partition coefficient (Wildman–Crippen LogP) is 3.56. The van der Waals surface area contributed by atoms with Crippen LogP contribution in [0.5, 0.6) is 0 Å². The quantitative estimate of drug-likeness (QED) is 0.620. The van der Waals surface area contributed by atoms with E-state index in [-0.39, 0.29) is 5.41 Å². The Labute approximate surface area is 148 Å². The van der Waals surface area contributed by atoms with Crippen molar-refractivity contribution in [3.8, 4) is 0 Å². The van der Waals surface area contributed by atoms with Gasteiger partial charge in [-0.05, 0) is 6.07 Å². The maximum absolute atomic E-state index is 5.99. The van der Waals surface area contributed by atoms with Crippen LogP contribution in [-0.4, -0.2) is 24.6 Å². The number of hydrogen-bond donors (Lipinski definition) is 2. The summed E-state index contributed by atoms with van der Waals surface area (Å²) in [7, 11) is 1.67. The van der Waals surface area contributed by atoms with Gasteiger partial charge in [0.25, 0.3) is 0 Å². The molecule has 1 aromatic heterocycles. The van der Waals surface area contributed by atoms with Crippen LogP contribution in [0, 0.1) is 0 Å². The summed E-state index contributed by atoms with van der Waals surface area (Å²) in [5.74, 6) is 0.407. The molecule has 0 amide bonds. The predicted molar refractivity (Wildman–Crippen MR) is 102 cm³/mol. The number of benzene rings is 1. The standard InChI is InChI=1S/C18H26N4OS/c1-18(2,3)16-21-14(12-24-16)9-10-20-17(19)22-15-8-6-5-7-13(15)11-23-4/h5-8,12H,9-11H2,1-4H3,(H3,19,20,22). The summed E-state index contributed by atoms with van der Waals surface area (Å²) < 4.78 is 5.19. The van der Waals surface area contributed by atoms with Gasteiger partial charge in [0.05, 0.1) is 17.3 Å². The number of methoxy groups -OCH3 is 1. The fourth-order valence-corrected chi connectivity index (χ4v) is 3.10. The van der Waals surface area contributed by atoms with Crippen LogP contribution in [0.1, 0.15) is 37.0 Å². The topological polar surface area (TPSA) is 72.5 Å². The molecule has 0 aliphatic heterocycles. The summed E-state index contributed by atoms with van der Waals surface area (Å²) in [6.45, 7) is 7.66. The largest absolute Gasteiger partial charge is 0.380 e. The van der Waals surface area contributed by atoms with Crippen LogP contribution in [0.3, 0.4) is 0 Å². The van der Waals surface area contributed by atoms with Gasteiger partial charge in [-0.2, -0.15) is 0 Å². The Morgan fingerprint density at radius 2 is 2.08 bits per heavy atom. The lowest BCUT2D eigenvalue weighted by Crippen LogP contribution is -2.23.